The van der Waals surface area contributed by atoms with E-state index < -0.39 is 11.9 Å². The summed E-state index contributed by atoms with van der Waals surface area (Å²) < 4.78 is 13.2. The van der Waals surface area contributed by atoms with Crippen LogP contribution >= 0.6 is 0 Å². The number of anilines is 2. The molecule has 0 heterocycles. The van der Waals surface area contributed by atoms with E-state index in [-0.39, 0.29) is 18.4 Å². The van der Waals surface area contributed by atoms with E-state index in [1.54, 1.807) is 24.9 Å². The molecule has 0 fully saturated rings. The van der Waals surface area contributed by atoms with Crippen LogP contribution in [0.15, 0.2) is 48.5 Å². The van der Waals surface area contributed by atoms with Crippen molar-refractivity contribution < 1.29 is 14.0 Å². The number of benzene rings is 2. The Morgan fingerprint density at radius 1 is 1.00 bits per heavy atom. The Balaban J connectivity index is 1.88. The van der Waals surface area contributed by atoms with Crippen molar-refractivity contribution in [1.82, 2.24) is 4.90 Å². The lowest BCUT2D eigenvalue weighted by molar-refractivity contribution is -0.122. The van der Waals surface area contributed by atoms with E-state index in [0.717, 1.165) is 0 Å². The quantitative estimate of drug-likeness (QED) is 0.777. The third-order valence-corrected chi connectivity index (χ3v) is 4.39. The van der Waals surface area contributed by atoms with Gasteiger partial charge in [0.25, 0.3) is 0 Å². The van der Waals surface area contributed by atoms with E-state index in [4.69, 9.17) is 0 Å². The van der Waals surface area contributed by atoms with Crippen molar-refractivity contribution in [3.63, 3.8) is 0 Å². The van der Waals surface area contributed by atoms with Gasteiger partial charge in [0.1, 0.15) is 5.82 Å². The zero-order chi connectivity index (χ0) is 20.0. The minimum Gasteiger partial charge on any atom is -0.325 e. The summed E-state index contributed by atoms with van der Waals surface area (Å²) in [7, 11) is 1.69. The molecule has 0 saturated carbocycles. The van der Waals surface area contributed by atoms with Gasteiger partial charge < -0.3 is 10.6 Å². The summed E-state index contributed by atoms with van der Waals surface area (Å²) in [6.07, 6.45) is 0. The maximum atomic E-state index is 13.2. The third-order valence-electron chi connectivity index (χ3n) is 4.39. The molecule has 0 spiro atoms. The number of carbonyl (C=O) groups excluding carboxylic acids is 2. The fourth-order valence-electron chi connectivity index (χ4n) is 2.53. The number of amides is 2. The molecule has 2 N–H and O–H groups in total. The molecule has 2 aromatic rings. The summed E-state index contributed by atoms with van der Waals surface area (Å²) in [6, 6.07) is 12.9. The van der Waals surface area contributed by atoms with Crippen LogP contribution in [0.1, 0.15) is 32.3 Å². The molecule has 0 aliphatic rings. The SMILES string of the molecule is CC(C)c1ccc(NC(=O)[C@@H](C)N(C)CC(=O)Nc2cccc(F)c2)cc1. The first-order valence-electron chi connectivity index (χ1n) is 8.92. The Morgan fingerprint density at radius 3 is 2.26 bits per heavy atom. The highest BCUT2D eigenvalue weighted by atomic mass is 19.1. The Bertz CT molecular complexity index is 790. The van der Waals surface area contributed by atoms with Gasteiger partial charge in [0.05, 0.1) is 12.6 Å². The summed E-state index contributed by atoms with van der Waals surface area (Å²) in [4.78, 5) is 26.2. The standard InChI is InChI=1S/C21H26FN3O2/c1-14(2)16-8-10-18(11-9-16)24-21(27)15(3)25(4)13-20(26)23-19-7-5-6-17(22)12-19/h5-12,14-15H,13H2,1-4H3,(H,23,26)(H,24,27)/t15-/m1/s1. The molecule has 144 valence electrons. The van der Waals surface area contributed by atoms with Crippen molar-refractivity contribution in [2.45, 2.75) is 32.7 Å². The number of hydrogen-bond acceptors (Lipinski definition) is 3. The van der Waals surface area contributed by atoms with E-state index in [2.05, 4.69) is 24.5 Å². The predicted molar refractivity (Wildman–Crippen MR) is 106 cm³/mol. The molecular weight excluding hydrogens is 345 g/mol. The molecule has 0 aliphatic carbocycles. The average molecular weight is 371 g/mol. The second-order valence-corrected chi connectivity index (χ2v) is 6.92. The molecule has 0 bridgehead atoms. The third kappa shape index (κ3) is 6.18. The molecule has 0 aromatic heterocycles. The molecule has 6 heteroatoms. The summed E-state index contributed by atoms with van der Waals surface area (Å²) in [5.74, 6) is -0.508. The highest BCUT2D eigenvalue weighted by molar-refractivity contribution is 5.96. The Kier molecular flexibility index (Phi) is 7.07. The molecule has 0 aliphatic heterocycles. The van der Waals surface area contributed by atoms with Gasteiger partial charge in [-0.3, -0.25) is 14.5 Å². The molecule has 2 aromatic carbocycles. The van der Waals surface area contributed by atoms with Gasteiger partial charge in [-0.15, -0.1) is 0 Å². The molecule has 5 nitrogen and oxygen atoms in total. The van der Waals surface area contributed by atoms with Gasteiger partial charge in [-0.25, -0.2) is 4.39 Å². The molecule has 0 radical (unpaired) electrons. The first-order chi connectivity index (χ1) is 12.8. The van der Waals surface area contributed by atoms with E-state index >= 15 is 0 Å². The number of likely N-dealkylation sites (N-methyl/N-ethyl adjacent to an activating group) is 1. The van der Waals surface area contributed by atoms with Crippen LogP contribution < -0.4 is 10.6 Å². The number of carbonyl (C=O) groups is 2. The zero-order valence-corrected chi connectivity index (χ0v) is 16.1. The van der Waals surface area contributed by atoms with Crippen molar-refractivity contribution in [2.24, 2.45) is 0 Å². The molecule has 0 saturated heterocycles. The minimum atomic E-state index is -0.506. The van der Waals surface area contributed by atoms with E-state index in [9.17, 15) is 14.0 Å². The first kappa shape index (κ1) is 20.6. The van der Waals surface area contributed by atoms with Crippen LogP contribution in [0, 0.1) is 5.82 Å². The Hall–Kier alpha value is -2.73. The fourth-order valence-corrected chi connectivity index (χ4v) is 2.53. The number of halogens is 1. The number of hydrogen-bond donors (Lipinski definition) is 2. The number of nitrogens with zero attached hydrogens (tertiary/aromatic N) is 1. The van der Waals surface area contributed by atoms with E-state index in [0.29, 0.717) is 17.3 Å². The lowest BCUT2D eigenvalue weighted by Gasteiger charge is -2.23. The van der Waals surface area contributed by atoms with Crippen LogP contribution in [0.3, 0.4) is 0 Å². The highest BCUT2D eigenvalue weighted by Crippen LogP contribution is 2.17. The van der Waals surface area contributed by atoms with Gasteiger partial charge in [-0.2, -0.15) is 0 Å². The predicted octanol–water partition coefficient (Wildman–Crippen LogP) is 3.85. The van der Waals surface area contributed by atoms with Crippen LogP contribution in [-0.2, 0) is 9.59 Å². The second-order valence-electron chi connectivity index (χ2n) is 6.92. The Morgan fingerprint density at radius 2 is 1.67 bits per heavy atom. The van der Waals surface area contributed by atoms with Gasteiger partial charge in [0, 0.05) is 11.4 Å². The largest absolute Gasteiger partial charge is 0.325 e. The zero-order valence-electron chi connectivity index (χ0n) is 16.1. The van der Waals surface area contributed by atoms with Gasteiger partial charge >= 0.3 is 0 Å². The van der Waals surface area contributed by atoms with Crippen LogP contribution in [0.5, 0.6) is 0 Å². The Labute approximate surface area is 159 Å². The maximum Gasteiger partial charge on any atom is 0.241 e. The topological polar surface area (TPSA) is 61.4 Å². The molecule has 2 amide bonds. The van der Waals surface area contributed by atoms with Crippen LogP contribution in [0.25, 0.3) is 0 Å². The minimum absolute atomic E-state index is 0.0113. The summed E-state index contributed by atoms with van der Waals surface area (Å²) in [5, 5.41) is 5.48. The van der Waals surface area contributed by atoms with Gasteiger partial charge in [0.15, 0.2) is 0 Å². The van der Waals surface area contributed by atoms with Crippen LogP contribution in [0.4, 0.5) is 15.8 Å². The smallest absolute Gasteiger partial charge is 0.241 e. The first-order valence-corrected chi connectivity index (χ1v) is 8.92. The molecule has 2 rings (SSSR count). The monoisotopic (exact) mass is 371 g/mol. The number of nitrogens with one attached hydrogen (secondary N) is 2. The summed E-state index contributed by atoms with van der Waals surface area (Å²) in [5.41, 5.74) is 2.30. The van der Waals surface area contributed by atoms with E-state index in [1.165, 1.54) is 23.8 Å². The number of rotatable bonds is 7. The lowest BCUT2D eigenvalue weighted by Crippen LogP contribution is -2.43. The normalized spacial score (nSPS) is 12.1. The van der Waals surface area contributed by atoms with Gasteiger partial charge in [-0.1, -0.05) is 32.0 Å². The molecule has 1 atom stereocenters. The van der Waals surface area contributed by atoms with Crippen molar-refractivity contribution >= 4 is 23.2 Å². The van der Waals surface area contributed by atoms with Crippen molar-refractivity contribution in [3.8, 4) is 0 Å². The molecular formula is C21H26FN3O2. The van der Waals surface area contributed by atoms with Crippen molar-refractivity contribution in [3.05, 3.63) is 59.9 Å². The summed E-state index contributed by atoms with van der Waals surface area (Å²) in [6.45, 7) is 5.96. The van der Waals surface area contributed by atoms with E-state index in [1.807, 2.05) is 24.3 Å². The summed E-state index contributed by atoms with van der Waals surface area (Å²) >= 11 is 0. The van der Waals surface area contributed by atoms with Gasteiger partial charge in [0.2, 0.25) is 11.8 Å². The second kappa shape index (κ2) is 9.28. The van der Waals surface area contributed by atoms with Crippen LogP contribution in [-0.4, -0.2) is 36.3 Å². The van der Waals surface area contributed by atoms with Gasteiger partial charge in [-0.05, 0) is 55.8 Å². The van der Waals surface area contributed by atoms with Crippen molar-refractivity contribution in [2.75, 3.05) is 24.2 Å². The van der Waals surface area contributed by atoms with Crippen molar-refractivity contribution in [1.29, 1.82) is 0 Å². The highest BCUT2D eigenvalue weighted by Gasteiger charge is 2.20. The molecule has 27 heavy (non-hydrogen) atoms. The molecule has 0 unspecified atom stereocenters. The average Bonchev–Trinajstić information content (AvgIpc) is 2.61. The lowest BCUT2D eigenvalue weighted by atomic mass is 10.0. The van der Waals surface area contributed by atoms with Crippen LogP contribution in [0.2, 0.25) is 0 Å². The fraction of sp³-hybridized carbons (Fsp3) is 0.333. The maximum absolute atomic E-state index is 13.2.